The number of nitrogens with one attached hydrogen (secondary N) is 2. The van der Waals surface area contributed by atoms with E-state index < -0.39 is 11.7 Å². The van der Waals surface area contributed by atoms with Crippen LogP contribution in [0.3, 0.4) is 0 Å². The van der Waals surface area contributed by atoms with Gasteiger partial charge in [0, 0.05) is 41.6 Å². The summed E-state index contributed by atoms with van der Waals surface area (Å²) in [6, 6.07) is 4.22. The Balaban J connectivity index is 1.46. The van der Waals surface area contributed by atoms with Crippen molar-refractivity contribution in [1.29, 1.82) is 0 Å². The van der Waals surface area contributed by atoms with Crippen LogP contribution in [0.2, 0.25) is 0 Å². The molecule has 36 heavy (non-hydrogen) atoms. The zero-order chi connectivity index (χ0) is 25.8. The van der Waals surface area contributed by atoms with E-state index in [4.69, 9.17) is 4.42 Å². The molecule has 1 amide bonds. The Labute approximate surface area is 207 Å². The molecule has 0 aliphatic carbocycles. The Hall–Kier alpha value is -3.92. The predicted molar refractivity (Wildman–Crippen MR) is 134 cm³/mol. The molecule has 1 aliphatic rings. The first kappa shape index (κ1) is 23.8. The van der Waals surface area contributed by atoms with Crippen molar-refractivity contribution in [3.63, 3.8) is 0 Å². The van der Waals surface area contributed by atoms with Crippen LogP contribution in [0.15, 0.2) is 41.1 Å². The molecule has 1 aromatic carbocycles. The summed E-state index contributed by atoms with van der Waals surface area (Å²) in [5.41, 5.74) is 2.84. The largest absolute Gasteiger partial charge is 0.436 e. The zero-order valence-electron chi connectivity index (χ0n) is 21.1. The fraction of sp³-hybridized carbons (Fsp3) is 0.346. The van der Waals surface area contributed by atoms with Gasteiger partial charge in [-0.3, -0.25) is 4.79 Å². The maximum atomic E-state index is 14.8. The second-order valence-corrected chi connectivity index (χ2v) is 10.4. The summed E-state index contributed by atoms with van der Waals surface area (Å²) in [5.74, 6) is 0.0369. The van der Waals surface area contributed by atoms with Gasteiger partial charge in [-0.2, -0.15) is 4.98 Å². The molecule has 0 atom stereocenters. The van der Waals surface area contributed by atoms with Crippen molar-refractivity contribution in [2.75, 3.05) is 5.32 Å². The minimum absolute atomic E-state index is 0.0764. The number of anilines is 1. The van der Waals surface area contributed by atoms with Crippen molar-refractivity contribution in [3.05, 3.63) is 65.4 Å². The highest BCUT2D eigenvalue weighted by Crippen LogP contribution is 2.33. The van der Waals surface area contributed by atoms with E-state index in [-0.39, 0.29) is 28.2 Å². The number of hydrogen-bond acceptors (Lipinski definition) is 7. The normalized spacial score (nSPS) is 16.7. The van der Waals surface area contributed by atoms with Gasteiger partial charge in [-0.05, 0) is 64.8 Å². The molecule has 0 fully saturated rings. The lowest BCUT2D eigenvalue weighted by molar-refractivity contribution is 0.0994. The van der Waals surface area contributed by atoms with Gasteiger partial charge in [0.25, 0.3) is 11.7 Å². The van der Waals surface area contributed by atoms with E-state index >= 15 is 0 Å². The number of rotatable bonds is 4. The first-order valence-corrected chi connectivity index (χ1v) is 11.7. The van der Waals surface area contributed by atoms with E-state index in [2.05, 4.69) is 64.5 Å². The predicted octanol–water partition coefficient (Wildman–Crippen LogP) is 4.72. The maximum Gasteiger partial charge on any atom is 0.293 e. The number of aryl methyl sites for hydroxylation is 2. The average Bonchev–Trinajstić information content (AvgIpc) is 3.34. The molecule has 0 saturated heterocycles. The highest BCUT2D eigenvalue weighted by molar-refractivity contribution is 6.03. The Morgan fingerprint density at radius 1 is 1.19 bits per heavy atom. The first-order chi connectivity index (χ1) is 16.9. The Kier molecular flexibility index (Phi) is 5.51. The molecule has 1 aliphatic heterocycles. The standard InChI is InChI=1S/C26H28FN7O2/c1-14-21(36-15(2)29-14)23(35)30-18-7-8-20(27)19(9-18)22-31-24-28-12-17(13-34(24)32-22)16-10-25(3,4)33-26(5,6)11-16/h7-10,12-13,33H,11H2,1-6H3,(H,30,35). The van der Waals surface area contributed by atoms with E-state index in [0.29, 0.717) is 23.0 Å². The minimum Gasteiger partial charge on any atom is -0.436 e. The Morgan fingerprint density at radius 2 is 1.97 bits per heavy atom. The molecule has 0 radical (unpaired) electrons. The average molecular weight is 490 g/mol. The molecular weight excluding hydrogens is 461 g/mol. The summed E-state index contributed by atoms with van der Waals surface area (Å²) in [6.07, 6.45) is 6.65. The number of oxazole rings is 1. The van der Waals surface area contributed by atoms with Crippen molar-refractivity contribution < 1.29 is 13.6 Å². The number of carbonyl (C=O) groups is 1. The molecule has 3 aromatic heterocycles. The smallest absolute Gasteiger partial charge is 0.293 e. The quantitative estimate of drug-likeness (QED) is 0.427. The molecule has 0 unspecified atom stereocenters. The summed E-state index contributed by atoms with van der Waals surface area (Å²) in [7, 11) is 0. The van der Waals surface area contributed by atoms with E-state index in [1.54, 1.807) is 24.6 Å². The van der Waals surface area contributed by atoms with Gasteiger partial charge in [-0.1, -0.05) is 6.08 Å². The lowest BCUT2D eigenvalue weighted by Crippen LogP contribution is -2.53. The van der Waals surface area contributed by atoms with Crippen molar-refractivity contribution >= 4 is 22.9 Å². The van der Waals surface area contributed by atoms with E-state index in [1.165, 1.54) is 18.2 Å². The third kappa shape index (κ3) is 4.64. The maximum absolute atomic E-state index is 14.8. The Bertz CT molecular complexity index is 1530. The van der Waals surface area contributed by atoms with Gasteiger partial charge in [0.05, 0.1) is 11.3 Å². The number of halogens is 1. The van der Waals surface area contributed by atoms with Crippen LogP contribution < -0.4 is 10.6 Å². The van der Waals surface area contributed by atoms with Crippen molar-refractivity contribution in [3.8, 4) is 11.4 Å². The van der Waals surface area contributed by atoms with Gasteiger partial charge in [0.15, 0.2) is 11.7 Å². The lowest BCUT2D eigenvalue weighted by Gasteiger charge is -2.41. The van der Waals surface area contributed by atoms with Gasteiger partial charge >= 0.3 is 0 Å². The molecule has 0 bridgehead atoms. The summed E-state index contributed by atoms with van der Waals surface area (Å²) in [6.45, 7) is 11.9. The van der Waals surface area contributed by atoms with E-state index in [9.17, 15) is 9.18 Å². The van der Waals surface area contributed by atoms with Gasteiger partial charge in [0.2, 0.25) is 5.76 Å². The van der Waals surface area contributed by atoms with Gasteiger partial charge in [-0.25, -0.2) is 18.9 Å². The molecule has 4 aromatic rings. The molecule has 186 valence electrons. The monoisotopic (exact) mass is 489 g/mol. The molecule has 5 rings (SSSR count). The van der Waals surface area contributed by atoms with Crippen LogP contribution in [0.25, 0.3) is 22.7 Å². The van der Waals surface area contributed by atoms with Crippen LogP contribution in [0.1, 0.15) is 61.8 Å². The SMILES string of the molecule is Cc1nc(C)c(C(=O)Nc2ccc(F)c(-c3nc4ncc(C5=CC(C)(C)NC(C)(C)C5)cn4n3)c2)o1. The number of carbonyl (C=O) groups excluding carboxylic acids is 1. The number of benzene rings is 1. The topological polar surface area (TPSA) is 110 Å². The van der Waals surface area contributed by atoms with Crippen molar-refractivity contribution in [1.82, 2.24) is 29.9 Å². The number of fused-ring (bicyclic) bond motifs is 1. The highest BCUT2D eigenvalue weighted by atomic mass is 19.1. The van der Waals surface area contributed by atoms with E-state index in [1.807, 2.05) is 6.20 Å². The van der Waals surface area contributed by atoms with Crippen LogP contribution in [0.5, 0.6) is 0 Å². The summed E-state index contributed by atoms with van der Waals surface area (Å²) in [4.78, 5) is 25.6. The minimum atomic E-state index is -0.514. The Morgan fingerprint density at radius 3 is 2.67 bits per heavy atom. The van der Waals surface area contributed by atoms with Crippen LogP contribution in [0.4, 0.5) is 10.1 Å². The molecule has 0 saturated carbocycles. The molecule has 4 heterocycles. The van der Waals surface area contributed by atoms with Gasteiger partial charge < -0.3 is 15.1 Å². The van der Waals surface area contributed by atoms with E-state index in [0.717, 1.165) is 17.6 Å². The second-order valence-electron chi connectivity index (χ2n) is 10.4. The summed E-state index contributed by atoms with van der Waals surface area (Å²) >= 11 is 0. The highest BCUT2D eigenvalue weighted by Gasteiger charge is 2.32. The third-order valence-corrected chi connectivity index (χ3v) is 5.97. The van der Waals surface area contributed by atoms with Crippen LogP contribution in [-0.4, -0.2) is 41.6 Å². The van der Waals surface area contributed by atoms with Gasteiger partial charge in [0.1, 0.15) is 5.82 Å². The van der Waals surface area contributed by atoms with Crippen LogP contribution >= 0.6 is 0 Å². The summed E-state index contributed by atoms with van der Waals surface area (Å²) < 4.78 is 21.7. The number of amides is 1. The molecule has 2 N–H and O–H groups in total. The number of nitrogens with zero attached hydrogens (tertiary/aromatic N) is 5. The molecular formula is C26H28FN7O2. The molecule has 0 spiro atoms. The second kappa shape index (κ2) is 8.34. The lowest BCUT2D eigenvalue weighted by atomic mass is 9.82. The zero-order valence-corrected chi connectivity index (χ0v) is 21.1. The van der Waals surface area contributed by atoms with Crippen molar-refractivity contribution in [2.24, 2.45) is 0 Å². The van der Waals surface area contributed by atoms with Crippen LogP contribution in [-0.2, 0) is 0 Å². The number of hydrogen-bond donors (Lipinski definition) is 2. The van der Waals surface area contributed by atoms with Gasteiger partial charge in [-0.15, -0.1) is 5.10 Å². The van der Waals surface area contributed by atoms with Crippen LogP contribution in [0, 0.1) is 19.7 Å². The fourth-order valence-corrected chi connectivity index (χ4v) is 4.87. The third-order valence-electron chi connectivity index (χ3n) is 5.97. The molecule has 10 heteroatoms. The first-order valence-electron chi connectivity index (χ1n) is 11.7. The fourth-order valence-electron chi connectivity index (χ4n) is 4.87. The summed E-state index contributed by atoms with van der Waals surface area (Å²) in [5, 5.41) is 10.8. The number of aromatic nitrogens is 5. The van der Waals surface area contributed by atoms with Crippen molar-refractivity contribution in [2.45, 2.75) is 59.0 Å². The molecule has 9 nitrogen and oxygen atoms in total.